The second-order valence-corrected chi connectivity index (χ2v) is 6.88. The van der Waals surface area contributed by atoms with Crippen LogP contribution in [-0.2, 0) is 13.1 Å². The van der Waals surface area contributed by atoms with E-state index in [1.807, 2.05) is 20.0 Å². The van der Waals surface area contributed by atoms with Crippen LogP contribution >= 0.6 is 11.3 Å². The third-order valence-corrected chi connectivity index (χ3v) is 4.56. The van der Waals surface area contributed by atoms with Crippen molar-refractivity contribution in [1.82, 2.24) is 25.2 Å². The molecule has 0 aliphatic heterocycles. The maximum atomic E-state index is 4.60. The lowest BCUT2D eigenvalue weighted by Gasteiger charge is -2.20. The molecule has 0 atom stereocenters. The highest BCUT2D eigenvalue weighted by Gasteiger charge is 2.10. The van der Waals surface area contributed by atoms with E-state index in [0.717, 1.165) is 40.1 Å². The number of benzene rings is 1. The number of imidazole rings is 1. The summed E-state index contributed by atoms with van der Waals surface area (Å²) in [6, 6.07) is 6.22. The van der Waals surface area contributed by atoms with Crippen molar-refractivity contribution in [3.63, 3.8) is 0 Å². The fraction of sp³-hybridized carbons (Fsp3) is 0.353. The van der Waals surface area contributed by atoms with Gasteiger partial charge in [0.1, 0.15) is 5.82 Å². The van der Waals surface area contributed by atoms with Gasteiger partial charge in [-0.25, -0.2) is 9.97 Å². The van der Waals surface area contributed by atoms with Gasteiger partial charge < -0.3 is 15.2 Å². The highest BCUT2D eigenvalue weighted by atomic mass is 32.1. The van der Waals surface area contributed by atoms with Crippen molar-refractivity contribution in [3.05, 3.63) is 45.7 Å². The molecule has 0 amide bonds. The summed E-state index contributed by atoms with van der Waals surface area (Å²) in [7, 11) is 3.79. The van der Waals surface area contributed by atoms with Crippen LogP contribution in [0, 0.1) is 13.8 Å². The lowest BCUT2D eigenvalue weighted by Crippen LogP contribution is -2.38. The van der Waals surface area contributed by atoms with Gasteiger partial charge in [0.25, 0.3) is 0 Å². The van der Waals surface area contributed by atoms with E-state index in [9.17, 15) is 0 Å². The van der Waals surface area contributed by atoms with Gasteiger partial charge >= 0.3 is 0 Å². The second-order valence-electron chi connectivity index (χ2n) is 5.82. The summed E-state index contributed by atoms with van der Waals surface area (Å²) in [6.45, 7) is 5.42. The predicted molar refractivity (Wildman–Crippen MR) is 99.3 cm³/mol. The number of hydrogen-bond donors (Lipinski definition) is 2. The number of nitrogens with one attached hydrogen (secondary N) is 2. The first-order valence-corrected chi connectivity index (χ1v) is 8.71. The third kappa shape index (κ3) is 3.73. The Hall–Kier alpha value is -2.41. The number of aliphatic imine (C=N–C) groups is 1. The van der Waals surface area contributed by atoms with Crippen LogP contribution < -0.4 is 5.32 Å². The molecule has 2 N–H and O–H groups in total. The van der Waals surface area contributed by atoms with Gasteiger partial charge in [-0.05, 0) is 31.5 Å². The summed E-state index contributed by atoms with van der Waals surface area (Å²) in [6.07, 6.45) is 0. The van der Waals surface area contributed by atoms with Crippen molar-refractivity contribution in [2.24, 2.45) is 4.99 Å². The van der Waals surface area contributed by atoms with Crippen LogP contribution in [0.25, 0.3) is 11.0 Å². The van der Waals surface area contributed by atoms with Crippen molar-refractivity contribution >= 4 is 28.3 Å². The average Bonchev–Trinajstić information content (AvgIpc) is 3.13. The first kappa shape index (κ1) is 16.4. The molecule has 0 fully saturated rings. The molecule has 7 heteroatoms. The molecule has 0 aliphatic carbocycles. The third-order valence-electron chi connectivity index (χ3n) is 3.74. The highest BCUT2D eigenvalue weighted by molar-refractivity contribution is 7.09. The molecule has 0 bridgehead atoms. The Bertz CT molecular complexity index is 863. The minimum Gasteiger partial charge on any atom is -0.349 e. The summed E-state index contributed by atoms with van der Waals surface area (Å²) in [5.41, 5.74) is 4.33. The molecule has 2 heterocycles. The Kier molecular flexibility index (Phi) is 4.80. The Labute approximate surface area is 145 Å². The quantitative estimate of drug-likeness (QED) is 0.565. The number of hydrogen-bond acceptors (Lipinski definition) is 4. The molecule has 0 unspecified atom stereocenters. The van der Waals surface area contributed by atoms with E-state index in [2.05, 4.69) is 54.6 Å². The Morgan fingerprint density at radius 2 is 2.17 bits per heavy atom. The van der Waals surface area contributed by atoms with Gasteiger partial charge in [0.05, 0.1) is 34.8 Å². The first-order chi connectivity index (χ1) is 11.5. The normalized spacial score (nSPS) is 11.9. The van der Waals surface area contributed by atoms with Crippen molar-refractivity contribution < 1.29 is 0 Å². The zero-order chi connectivity index (χ0) is 17.1. The van der Waals surface area contributed by atoms with Gasteiger partial charge in [0.2, 0.25) is 0 Å². The number of fused-ring (bicyclic) bond motifs is 1. The number of thiazole rings is 1. The maximum Gasteiger partial charge on any atom is 0.194 e. The van der Waals surface area contributed by atoms with E-state index < -0.39 is 0 Å². The van der Waals surface area contributed by atoms with Crippen molar-refractivity contribution in [2.45, 2.75) is 26.9 Å². The highest BCUT2D eigenvalue weighted by Crippen LogP contribution is 2.13. The maximum absolute atomic E-state index is 4.60. The molecular formula is C17H22N6S. The average molecular weight is 342 g/mol. The Morgan fingerprint density at radius 1 is 1.33 bits per heavy atom. The lowest BCUT2D eigenvalue weighted by atomic mass is 10.2. The van der Waals surface area contributed by atoms with Crippen LogP contribution in [0.4, 0.5) is 0 Å². The molecule has 0 aliphatic rings. The zero-order valence-corrected chi connectivity index (χ0v) is 15.2. The number of rotatable bonds is 4. The van der Waals surface area contributed by atoms with Gasteiger partial charge in [-0.3, -0.25) is 4.99 Å². The van der Waals surface area contributed by atoms with Crippen LogP contribution in [0.1, 0.15) is 22.1 Å². The number of H-pyrrole nitrogens is 1. The molecule has 3 rings (SSSR count). The van der Waals surface area contributed by atoms with Crippen LogP contribution in [0.2, 0.25) is 0 Å². The Balaban J connectivity index is 1.64. The SMILES string of the molecule is CN=C(NCc1nc2ccc(C)cc2[nH]1)N(C)Cc1csc(C)n1. The van der Waals surface area contributed by atoms with Crippen molar-refractivity contribution in [2.75, 3.05) is 14.1 Å². The van der Waals surface area contributed by atoms with Gasteiger partial charge in [-0.15, -0.1) is 11.3 Å². The molecule has 126 valence electrons. The summed E-state index contributed by atoms with van der Waals surface area (Å²) in [5.74, 6) is 1.71. The molecule has 0 saturated heterocycles. The molecule has 1 aromatic carbocycles. The monoisotopic (exact) mass is 342 g/mol. The minimum absolute atomic E-state index is 0.598. The van der Waals surface area contributed by atoms with E-state index in [0.29, 0.717) is 6.54 Å². The Morgan fingerprint density at radius 3 is 2.88 bits per heavy atom. The number of guanidine groups is 1. The molecular weight excluding hydrogens is 320 g/mol. The van der Waals surface area contributed by atoms with Crippen LogP contribution in [-0.4, -0.2) is 39.9 Å². The predicted octanol–water partition coefficient (Wildman–Crippen LogP) is 2.84. The van der Waals surface area contributed by atoms with E-state index >= 15 is 0 Å². The largest absolute Gasteiger partial charge is 0.349 e. The molecule has 3 aromatic rings. The molecule has 0 radical (unpaired) electrons. The minimum atomic E-state index is 0.598. The molecule has 6 nitrogen and oxygen atoms in total. The van der Waals surface area contributed by atoms with Gasteiger partial charge in [-0.1, -0.05) is 6.07 Å². The summed E-state index contributed by atoms with van der Waals surface area (Å²) in [5, 5.41) is 6.51. The van der Waals surface area contributed by atoms with Crippen molar-refractivity contribution in [3.8, 4) is 0 Å². The van der Waals surface area contributed by atoms with E-state index in [1.54, 1.807) is 18.4 Å². The standard InChI is InChI=1S/C17H22N6S/c1-11-5-6-14-15(7-11)22-16(21-14)8-19-17(18-3)23(4)9-13-10-24-12(2)20-13/h5-7,10H,8-9H2,1-4H3,(H,18,19)(H,21,22). The van der Waals surface area contributed by atoms with E-state index in [1.165, 1.54) is 5.56 Å². The lowest BCUT2D eigenvalue weighted by molar-refractivity contribution is 0.469. The van der Waals surface area contributed by atoms with Gasteiger partial charge in [0, 0.05) is 19.5 Å². The number of aromatic amines is 1. The smallest absolute Gasteiger partial charge is 0.194 e. The molecule has 0 spiro atoms. The fourth-order valence-electron chi connectivity index (χ4n) is 2.61. The van der Waals surface area contributed by atoms with Crippen LogP contribution in [0.5, 0.6) is 0 Å². The fourth-order valence-corrected chi connectivity index (χ4v) is 3.21. The number of aromatic nitrogens is 3. The number of nitrogens with zero attached hydrogens (tertiary/aromatic N) is 4. The summed E-state index contributed by atoms with van der Waals surface area (Å²) in [4.78, 5) is 18.8. The number of aryl methyl sites for hydroxylation is 2. The topological polar surface area (TPSA) is 69.2 Å². The van der Waals surface area contributed by atoms with E-state index in [-0.39, 0.29) is 0 Å². The van der Waals surface area contributed by atoms with Gasteiger partial charge in [0.15, 0.2) is 5.96 Å². The van der Waals surface area contributed by atoms with Crippen LogP contribution in [0.3, 0.4) is 0 Å². The first-order valence-electron chi connectivity index (χ1n) is 7.83. The van der Waals surface area contributed by atoms with Crippen molar-refractivity contribution in [1.29, 1.82) is 0 Å². The summed E-state index contributed by atoms with van der Waals surface area (Å²) < 4.78 is 0. The molecule has 24 heavy (non-hydrogen) atoms. The second kappa shape index (κ2) is 7.00. The molecule has 2 aromatic heterocycles. The van der Waals surface area contributed by atoms with E-state index in [4.69, 9.17) is 0 Å². The summed E-state index contributed by atoms with van der Waals surface area (Å²) >= 11 is 1.67. The molecule has 0 saturated carbocycles. The van der Waals surface area contributed by atoms with Crippen LogP contribution in [0.15, 0.2) is 28.6 Å². The zero-order valence-electron chi connectivity index (χ0n) is 14.4. The van der Waals surface area contributed by atoms with Gasteiger partial charge in [-0.2, -0.15) is 0 Å².